The highest BCUT2D eigenvalue weighted by molar-refractivity contribution is 6.16. The van der Waals surface area contributed by atoms with E-state index in [-0.39, 0.29) is 11.7 Å². The second-order valence-electron chi connectivity index (χ2n) is 3.93. The van der Waals surface area contributed by atoms with Crippen LogP contribution >= 0.6 is 11.6 Å². The van der Waals surface area contributed by atoms with Gasteiger partial charge in [-0.3, -0.25) is 0 Å². The Labute approximate surface area is 108 Å². The first-order valence-corrected chi connectivity index (χ1v) is 6.05. The largest absolute Gasteiger partial charge is 0.467 e. The average molecular weight is 265 g/mol. The van der Waals surface area contributed by atoms with E-state index in [1.165, 1.54) is 6.07 Å². The summed E-state index contributed by atoms with van der Waals surface area (Å²) in [6, 6.07) is 8.56. The molecule has 3 aromatic rings. The molecule has 3 rings (SSSR count). The summed E-state index contributed by atoms with van der Waals surface area (Å²) in [5.74, 6) is 1.31. The van der Waals surface area contributed by atoms with Gasteiger partial charge in [-0.05, 0) is 24.3 Å². The summed E-state index contributed by atoms with van der Waals surface area (Å²) in [5.41, 5.74) is 1.07. The summed E-state index contributed by atoms with van der Waals surface area (Å²) >= 11 is 5.86. The molecule has 0 aliphatic carbocycles. The number of para-hydroxylation sites is 1. The Balaban J connectivity index is 2.17. The third-order valence-electron chi connectivity index (χ3n) is 2.82. The summed E-state index contributed by atoms with van der Waals surface area (Å²) in [7, 11) is 0. The third kappa shape index (κ3) is 1.78. The number of alkyl halides is 1. The lowest BCUT2D eigenvalue weighted by Crippen LogP contribution is -2.02. The van der Waals surface area contributed by atoms with Crippen molar-refractivity contribution in [3.63, 3.8) is 0 Å². The van der Waals surface area contributed by atoms with E-state index in [1.807, 2.05) is 22.8 Å². The minimum atomic E-state index is -0.336. The molecule has 92 valence electrons. The molecule has 0 amide bonds. The van der Waals surface area contributed by atoms with Gasteiger partial charge in [-0.25, -0.2) is 9.37 Å². The van der Waals surface area contributed by atoms with Gasteiger partial charge in [0.05, 0.1) is 24.2 Å². The van der Waals surface area contributed by atoms with E-state index in [1.54, 1.807) is 12.3 Å². The van der Waals surface area contributed by atoms with Crippen LogP contribution in [-0.2, 0) is 12.4 Å². The van der Waals surface area contributed by atoms with Gasteiger partial charge in [-0.2, -0.15) is 0 Å². The zero-order valence-electron chi connectivity index (χ0n) is 9.44. The molecule has 0 aliphatic rings. The molecule has 5 heteroatoms. The zero-order chi connectivity index (χ0) is 12.5. The summed E-state index contributed by atoms with van der Waals surface area (Å²) in [6.45, 7) is 0.495. The maximum absolute atomic E-state index is 13.7. The van der Waals surface area contributed by atoms with E-state index in [2.05, 4.69) is 4.98 Å². The molecule has 0 unspecified atom stereocenters. The van der Waals surface area contributed by atoms with E-state index >= 15 is 0 Å². The maximum Gasteiger partial charge on any atom is 0.151 e. The molecule has 3 nitrogen and oxygen atoms in total. The molecule has 1 aromatic carbocycles. The maximum atomic E-state index is 13.7. The second-order valence-corrected chi connectivity index (χ2v) is 4.20. The molecule has 0 radical (unpaired) electrons. The van der Waals surface area contributed by atoms with Crippen molar-refractivity contribution in [1.82, 2.24) is 9.55 Å². The summed E-state index contributed by atoms with van der Waals surface area (Å²) in [4.78, 5) is 4.23. The van der Waals surface area contributed by atoms with Crippen LogP contribution in [0.4, 0.5) is 4.39 Å². The van der Waals surface area contributed by atoms with Gasteiger partial charge >= 0.3 is 0 Å². The quantitative estimate of drug-likeness (QED) is 0.677. The predicted molar refractivity (Wildman–Crippen MR) is 67.1 cm³/mol. The Morgan fingerprint density at radius 1 is 1.28 bits per heavy atom. The number of imidazole rings is 1. The number of hydrogen-bond donors (Lipinski definition) is 0. The minimum absolute atomic E-state index is 0.231. The van der Waals surface area contributed by atoms with Crippen molar-refractivity contribution in [3.8, 4) is 0 Å². The van der Waals surface area contributed by atoms with Crippen LogP contribution in [0.2, 0.25) is 0 Å². The van der Waals surface area contributed by atoms with E-state index in [4.69, 9.17) is 16.0 Å². The van der Waals surface area contributed by atoms with Gasteiger partial charge in [0.15, 0.2) is 5.82 Å². The first-order valence-electron chi connectivity index (χ1n) is 5.51. The highest BCUT2D eigenvalue weighted by Gasteiger charge is 2.13. The van der Waals surface area contributed by atoms with Crippen LogP contribution in [-0.4, -0.2) is 9.55 Å². The summed E-state index contributed by atoms with van der Waals surface area (Å²) in [5, 5.41) is 0. The van der Waals surface area contributed by atoms with Crippen molar-refractivity contribution < 1.29 is 8.81 Å². The number of aromatic nitrogens is 2. The SMILES string of the molecule is Fc1cccc2c1nc(CCl)n2Cc1ccco1. The van der Waals surface area contributed by atoms with Crippen molar-refractivity contribution in [3.05, 3.63) is 54.0 Å². The normalized spacial score (nSPS) is 11.2. The summed E-state index contributed by atoms with van der Waals surface area (Å²) < 4.78 is 20.8. The molecule has 0 atom stereocenters. The number of benzene rings is 1. The number of furan rings is 1. The Bertz CT molecular complexity index is 676. The molecular weight excluding hydrogens is 255 g/mol. The van der Waals surface area contributed by atoms with Crippen molar-refractivity contribution in [2.24, 2.45) is 0 Å². The Hall–Kier alpha value is -1.81. The molecule has 0 aliphatic heterocycles. The Morgan fingerprint density at radius 3 is 2.89 bits per heavy atom. The Kier molecular flexibility index (Phi) is 2.80. The van der Waals surface area contributed by atoms with E-state index in [0.29, 0.717) is 17.9 Å². The molecule has 0 saturated carbocycles. The Morgan fingerprint density at radius 2 is 2.17 bits per heavy atom. The predicted octanol–water partition coefficient (Wildman–Crippen LogP) is 3.56. The zero-order valence-corrected chi connectivity index (χ0v) is 10.2. The smallest absolute Gasteiger partial charge is 0.151 e. The van der Waals surface area contributed by atoms with Gasteiger partial charge in [-0.1, -0.05) is 6.07 Å². The van der Waals surface area contributed by atoms with Gasteiger partial charge in [0.2, 0.25) is 0 Å². The van der Waals surface area contributed by atoms with Crippen LogP contribution in [0.5, 0.6) is 0 Å². The van der Waals surface area contributed by atoms with Gasteiger partial charge < -0.3 is 8.98 Å². The topological polar surface area (TPSA) is 31.0 Å². The minimum Gasteiger partial charge on any atom is -0.467 e. The van der Waals surface area contributed by atoms with E-state index in [0.717, 1.165) is 11.3 Å². The van der Waals surface area contributed by atoms with Gasteiger partial charge in [-0.15, -0.1) is 11.6 Å². The molecule has 0 bridgehead atoms. The van der Waals surface area contributed by atoms with E-state index in [9.17, 15) is 4.39 Å². The highest BCUT2D eigenvalue weighted by atomic mass is 35.5. The standard InChI is InChI=1S/C13H10ClFN2O/c14-7-12-16-13-10(15)4-1-5-11(13)17(12)8-9-3-2-6-18-9/h1-6H,7-8H2. The molecule has 0 N–H and O–H groups in total. The van der Waals surface area contributed by atoms with Crippen LogP contribution in [0.3, 0.4) is 0 Å². The van der Waals surface area contributed by atoms with Crippen molar-refractivity contribution in [2.75, 3.05) is 0 Å². The number of hydrogen-bond acceptors (Lipinski definition) is 2. The molecular formula is C13H10ClFN2O. The van der Waals surface area contributed by atoms with Crippen LogP contribution in [0.1, 0.15) is 11.6 Å². The first kappa shape index (κ1) is 11.3. The van der Waals surface area contributed by atoms with Gasteiger partial charge in [0.25, 0.3) is 0 Å². The number of rotatable bonds is 3. The fourth-order valence-corrected chi connectivity index (χ4v) is 2.20. The lowest BCUT2D eigenvalue weighted by molar-refractivity contribution is 0.493. The summed E-state index contributed by atoms with van der Waals surface area (Å²) in [6.07, 6.45) is 1.61. The number of nitrogens with zero attached hydrogens (tertiary/aromatic N) is 2. The van der Waals surface area contributed by atoms with Crippen LogP contribution in [0.25, 0.3) is 11.0 Å². The molecule has 0 saturated heterocycles. The molecule has 18 heavy (non-hydrogen) atoms. The van der Waals surface area contributed by atoms with Crippen molar-refractivity contribution >= 4 is 22.6 Å². The first-order chi connectivity index (χ1) is 8.79. The second kappa shape index (κ2) is 4.46. The molecule has 0 fully saturated rings. The number of fused-ring (bicyclic) bond motifs is 1. The lowest BCUT2D eigenvalue weighted by Gasteiger charge is -2.05. The van der Waals surface area contributed by atoms with Crippen LogP contribution < -0.4 is 0 Å². The highest BCUT2D eigenvalue weighted by Crippen LogP contribution is 2.21. The fraction of sp³-hybridized carbons (Fsp3) is 0.154. The monoisotopic (exact) mass is 264 g/mol. The third-order valence-corrected chi connectivity index (χ3v) is 3.06. The van der Waals surface area contributed by atoms with Crippen LogP contribution in [0, 0.1) is 5.82 Å². The molecule has 0 spiro atoms. The average Bonchev–Trinajstić information content (AvgIpc) is 2.99. The van der Waals surface area contributed by atoms with E-state index < -0.39 is 0 Å². The van der Waals surface area contributed by atoms with Gasteiger partial charge in [0, 0.05) is 0 Å². The van der Waals surface area contributed by atoms with Crippen molar-refractivity contribution in [1.29, 1.82) is 0 Å². The fourth-order valence-electron chi connectivity index (χ4n) is 2.00. The lowest BCUT2D eigenvalue weighted by atomic mass is 10.3. The van der Waals surface area contributed by atoms with Crippen LogP contribution in [0.15, 0.2) is 41.0 Å². The van der Waals surface area contributed by atoms with Crippen molar-refractivity contribution in [2.45, 2.75) is 12.4 Å². The molecule has 2 aromatic heterocycles. The number of halogens is 2. The van der Waals surface area contributed by atoms with Gasteiger partial charge in [0.1, 0.15) is 17.1 Å². The molecule has 2 heterocycles.